The van der Waals surface area contributed by atoms with Crippen molar-refractivity contribution in [2.75, 3.05) is 38.3 Å². The molecule has 0 atom stereocenters. The third-order valence-electron chi connectivity index (χ3n) is 3.21. The molecule has 1 aromatic heterocycles. The normalized spacial score (nSPS) is 16.8. The van der Waals surface area contributed by atoms with Gasteiger partial charge in [0, 0.05) is 38.7 Å². The molecule has 0 aromatic carbocycles. The van der Waals surface area contributed by atoms with E-state index in [1.54, 1.807) is 18.4 Å². The van der Waals surface area contributed by atoms with E-state index >= 15 is 0 Å². The minimum Gasteiger partial charge on any atom is -0.383 e. The van der Waals surface area contributed by atoms with Crippen LogP contribution >= 0.6 is 11.3 Å². The average Bonchev–Trinajstić information content (AvgIpc) is 2.69. The van der Waals surface area contributed by atoms with Gasteiger partial charge >= 0.3 is 0 Å². The van der Waals surface area contributed by atoms with Crippen molar-refractivity contribution in [1.29, 1.82) is 0 Å². The lowest BCUT2D eigenvalue weighted by molar-refractivity contribution is 0.199. The SMILES string of the molecule is COCCNCc1csc(N2CCCCCC2)n1. The number of anilines is 1. The van der Waals surface area contributed by atoms with Gasteiger partial charge in [-0.1, -0.05) is 12.8 Å². The summed E-state index contributed by atoms with van der Waals surface area (Å²) in [4.78, 5) is 7.16. The quantitative estimate of drug-likeness (QED) is 0.804. The Hall–Kier alpha value is -0.650. The standard InChI is InChI=1S/C13H23N3OS/c1-17-9-6-14-10-12-11-18-13(15-12)16-7-4-2-3-5-8-16/h11,14H,2-10H2,1H3. The number of nitrogens with one attached hydrogen (secondary N) is 1. The number of thiazole rings is 1. The summed E-state index contributed by atoms with van der Waals surface area (Å²) in [6.07, 6.45) is 5.35. The number of hydrogen-bond acceptors (Lipinski definition) is 5. The van der Waals surface area contributed by atoms with Crippen molar-refractivity contribution in [3.63, 3.8) is 0 Å². The molecule has 102 valence electrons. The molecule has 0 spiro atoms. The van der Waals surface area contributed by atoms with Crippen LogP contribution in [-0.2, 0) is 11.3 Å². The summed E-state index contributed by atoms with van der Waals surface area (Å²) in [6, 6.07) is 0. The summed E-state index contributed by atoms with van der Waals surface area (Å²) in [5, 5.41) is 6.69. The maximum atomic E-state index is 5.01. The van der Waals surface area contributed by atoms with E-state index in [0.717, 1.165) is 25.4 Å². The first-order valence-corrected chi connectivity index (χ1v) is 7.67. The molecule has 0 unspecified atom stereocenters. The summed E-state index contributed by atoms with van der Waals surface area (Å²) in [5.41, 5.74) is 1.15. The van der Waals surface area contributed by atoms with Gasteiger partial charge in [-0.2, -0.15) is 0 Å². The van der Waals surface area contributed by atoms with Crippen molar-refractivity contribution in [2.45, 2.75) is 32.2 Å². The Kier molecular flexibility index (Phi) is 5.90. The summed E-state index contributed by atoms with van der Waals surface area (Å²) < 4.78 is 5.01. The van der Waals surface area contributed by atoms with Gasteiger partial charge in [0.1, 0.15) is 0 Å². The van der Waals surface area contributed by atoms with E-state index in [9.17, 15) is 0 Å². The smallest absolute Gasteiger partial charge is 0.185 e. The lowest BCUT2D eigenvalue weighted by Crippen LogP contribution is -2.24. The van der Waals surface area contributed by atoms with E-state index < -0.39 is 0 Å². The van der Waals surface area contributed by atoms with Crippen molar-refractivity contribution < 1.29 is 4.74 Å². The molecule has 1 N–H and O–H groups in total. The molecule has 1 aromatic rings. The van der Waals surface area contributed by atoms with Crippen molar-refractivity contribution in [1.82, 2.24) is 10.3 Å². The Morgan fingerprint density at radius 1 is 1.33 bits per heavy atom. The summed E-state index contributed by atoms with van der Waals surface area (Å²) in [5.74, 6) is 0. The molecule has 5 heteroatoms. The maximum absolute atomic E-state index is 5.01. The molecule has 0 aliphatic carbocycles. The fraction of sp³-hybridized carbons (Fsp3) is 0.769. The molecule has 1 aliphatic rings. The number of methoxy groups -OCH3 is 1. The third kappa shape index (κ3) is 4.23. The van der Waals surface area contributed by atoms with Gasteiger partial charge in [0.25, 0.3) is 0 Å². The van der Waals surface area contributed by atoms with Gasteiger partial charge in [-0.3, -0.25) is 0 Å². The maximum Gasteiger partial charge on any atom is 0.185 e. The van der Waals surface area contributed by atoms with Crippen molar-refractivity contribution in [3.8, 4) is 0 Å². The monoisotopic (exact) mass is 269 g/mol. The molecule has 0 radical (unpaired) electrons. The molecule has 0 amide bonds. The van der Waals surface area contributed by atoms with Gasteiger partial charge in [-0.25, -0.2) is 4.98 Å². The van der Waals surface area contributed by atoms with Crippen LogP contribution in [-0.4, -0.2) is 38.3 Å². The molecule has 2 heterocycles. The Morgan fingerprint density at radius 2 is 2.11 bits per heavy atom. The highest BCUT2D eigenvalue weighted by atomic mass is 32.1. The van der Waals surface area contributed by atoms with E-state index in [1.807, 2.05) is 0 Å². The fourth-order valence-electron chi connectivity index (χ4n) is 2.18. The lowest BCUT2D eigenvalue weighted by Gasteiger charge is -2.18. The van der Waals surface area contributed by atoms with Crippen LogP contribution in [0.1, 0.15) is 31.4 Å². The van der Waals surface area contributed by atoms with Crippen LogP contribution < -0.4 is 10.2 Å². The molecular weight excluding hydrogens is 246 g/mol. The second kappa shape index (κ2) is 7.71. The lowest BCUT2D eigenvalue weighted by atomic mass is 10.2. The van der Waals surface area contributed by atoms with Gasteiger partial charge in [0.15, 0.2) is 5.13 Å². The third-order valence-corrected chi connectivity index (χ3v) is 4.16. The molecule has 1 fully saturated rings. The van der Waals surface area contributed by atoms with Crippen LogP contribution in [0.4, 0.5) is 5.13 Å². The number of aromatic nitrogens is 1. The van der Waals surface area contributed by atoms with Crippen LogP contribution in [0, 0.1) is 0 Å². The Labute approximate surface area is 113 Å². The Bertz CT molecular complexity index is 335. The van der Waals surface area contributed by atoms with Crippen LogP contribution in [0.2, 0.25) is 0 Å². The van der Waals surface area contributed by atoms with E-state index in [0.29, 0.717) is 0 Å². The van der Waals surface area contributed by atoms with Crippen LogP contribution in [0.3, 0.4) is 0 Å². The summed E-state index contributed by atoms with van der Waals surface area (Å²) >= 11 is 1.77. The Balaban J connectivity index is 1.81. The zero-order valence-electron chi connectivity index (χ0n) is 11.2. The second-order valence-corrected chi connectivity index (χ2v) is 5.53. The second-order valence-electron chi connectivity index (χ2n) is 4.69. The molecule has 18 heavy (non-hydrogen) atoms. The molecule has 0 saturated carbocycles. The topological polar surface area (TPSA) is 37.4 Å². The zero-order chi connectivity index (χ0) is 12.6. The van der Waals surface area contributed by atoms with Gasteiger partial charge in [-0.05, 0) is 12.8 Å². The summed E-state index contributed by atoms with van der Waals surface area (Å²) in [7, 11) is 1.72. The summed E-state index contributed by atoms with van der Waals surface area (Å²) in [6.45, 7) is 4.82. The first-order chi connectivity index (χ1) is 8.90. The van der Waals surface area contributed by atoms with Gasteiger partial charge in [0.05, 0.1) is 12.3 Å². The van der Waals surface area contributed by atoms with Crippen LogP contribution in [0.25, 0.3) is 0 Å². The van der Waals surface area contributed by atoms with Gasteiger partial charge in [-0.15, -0.1) is 11.3 Å². The van der Waals surface area contributed by atoms with E-state index in [2.05, 4.69) is 15.6 Å². The number of ether oxygens (including phenoxy) is 1. The molecule has 4 nitrogen and oxygen atoms in total. The van der Waals surface area contributed by atoms with Crippen molar-refractivity contribution in [2.24, 2.45) is 0 Å². The number of nitrogens with zero attached hydrogens (tertiary/aromatic N) is 2. The molecule has 0 bridgehead atoms. The number of hydrogen-bond donors (Lipinski definition) is 1. The average molecular weight is 269 g/mol. The molecule has 1 saturated heterocycles. The van der Waals surface area contributed by atoms with E-state index in [1.165, 1.54) is 43.9 Å². The molecule has 1 aliphatic heterocycles. The largest absolute Gasteiger partial charge is 0.383 e. The zero-order valence-corrected chi connectivity index (χ0v) is 12.0. The predicted octanol–water partition coefficient (Wildman–Crippen LogP) is 2.26. The highest BCUT2D eigenvalue weighted by molar-refractivity contribution is 7.13. The fourth-order valence-corrected chi connectivity index (χ4v) is 3.05. The van der Waals surface area contributed by atoms with E-state index in [4.69, 9.17) is 9.72 Å². The minimum atomic E-state index is 0.753. The molecule has 2 rings (SSSR count). The van der Waals surface area contributed by atoms with Gasteiger partial charge < -0.3 is 15.0 Å². The van der Waals surface area contributed by atoms with Crippen LogP contribution in [0.15, 0.2) is 5.38 Å². The van der Waals surface area contributed by atoms with Crippen LogP contribution in [0.5, 0.6) is 0 Å². The number of rotatable bonds is 6. The van der Waals surface area contributed by atoms with Crippen molar-refractivity contribution >= 4 is 16.5 Å². The molecular formula is C13H23N3OS. The van der Waals surface area contributed by atoms with E-state index in [-0.39, 0.29) is 0 Å². The predicted molar refractivity (Wildman–Crippen MR) is 76.4 cm³/mol. The Morgan fingerprint density at radius 3 is 2.83 bits per heavy atom. The highest BCUT2D eigenvalue weighted by Crippen LogP contribution is 2.23. The first-order valence-electron chi connectivity index (χ1n) is 6.79. The van der Waals surface area contributed by atoms with Gasteiger partial charge in [0.2, 0.25) is 0 Å². The first kappa shape index (κ1) is 13.8. The highest BCUT2D eigenvalue weighted by Gasteiger charge is 2.13. The minimum absolute atomic E-state index is 0.753. The van der Waals surface area contributed by atoms with Crippen molar-refractivity contribution in [3.05, 3.63) is 11.1 Å².